The Kier molecular flexibility index (Phi) is 3.21. The number of aromatic amines is 2. The van der Waals surface area contributed by atoms with E-state index in [0.717, 1.165) is 38.4 Å². The predicted molar refractivity (Wildman–Crippen MR) is 72.8 cm³/mol. The monoisotopic (exact) mass is 278 g/mol. The molecule has 1 saturated heterocycles. The SMILES string of the molecule is O=C(NC1CCNC2(CCC2)C1)c1c[nH]c(=O)[nH]c1=O. The fraction of sp³-hybridized carbons (Fsp3) is 0.615. The van der Waals surface area contributed by atoms with Crippen molar-refractivity contribution in [1.82, 2.24) is 20.6 Å². The summed E-state index contributed by atoms with van der Waals surface area (Å²) >= 11 is 0. The maximum Gasteiger partial charge on any atom is 0.325 e. The lowest BCUT2D eigenvalue weighted by molar-refractivity contribution is 0.0851. The second-order valence-corrected chi connectivity index (χ2v) is 5.71. The molecule has 2 aliphatic rings. The Morgan fingerprint density at radius 3 is 2.80 bits per heavy atom. The number of hydrogen-bond donors (Lipinski definition) is 4. The van der Waals surface area contributed by atoms with Crippen molar-refractivity contribution in [2.45, 2.75) is 43.7 Å². The summed E-state index contributed by atoms with van der Waals surface area (Å²) in [6.07, 6.45) is 6.45. The number of carbonyl (C=O) groups excluding carboxylic acids is 1. The van der Waals surface area contributed by atoms with Crippen LogP contribution in [0.4, 0.5) is 0 Å². The molecule has 0 aromatic carbocycles. The van der Waals surface area contributed by atoms with E-state index < -0.39 is 17.2 Å². The van der Waals surface area contributed by atoms with Gasteiger partial charge >= 0.3 is 5.69 Å². The molecule has 1 spiro atoms. The first kappa shape index (κ1) is 13.1. The third kappa shape index (κ3) is 2.40. The van der Waals surface area contributed by atoms with E-state index in [-0.39, 0.29) is 17.1 Å². The zero-order valence-corrected chi connectivity index (χ0v) is 11.1. The highest BCUT2D eigenvalue weighted by atomic mass is 16.2. The van der Waals surface area contributed by atoms with Crippen molar-refractivity contribution in [3.8, 4) is 0 Å². The van der Waals surface area contributed by atoms with Gasteiger partial charge in [-0.1, -0.05) is 0 Å². The number of amides is 1. The standard InChI is InChI=1S/C13H18N4O3/c18-10(9-7-14-12(20)17-11(9)19)16-8-2-5-15-13(6-8)3-1-4-13/h7-8,15H,1-6H2,(H,16,18)(H2,14,17,19,20). The highest BCUT2D eigenvalue weighted by Crippen LogP contribution is 2.38. The second-order valence-electron chi connectivity index (χ2n) is 5.71. The molecule has 7 heteroatoms. The molecule has 1 unspecified atom stereocenters. The average Bonchev–Trinajstić information content (AvgIpc) is 2.37. The maximum atomic E-state index is 12.1. The summed E-state index contributed by atoms with van der Waals surface area (Å²) in [5.74, 6) is -0.427. The largest absolute Gasteiger partial charge is 0.349 e. The highest BCUT2D eigenvalue weighted by molar-refractivity contribution is 5.93. The Balaban J connectivity index is 1.69. The van der Waals surface area contributed by atoms with Gasteiger partial charge in [0.05, 0.1) is 0 Å². The van der Waals surface area contributed by atoms with Gasteiger partial charge in [0.15, 0.2) is 0 Å². The summed E-state index contributed by atoms with van der Waals surface area (Å²) in [6.45, 7) is 0.882. The van der Waals surface area contributed by atoms with Gasteiger partial charge in [0, 0.05) is 17.8 Å². The van der Waals surface area contributed by atoms with Gasteiger partial charge in [-0.15, -0.1) is 0 Å². The van der Waals surface area contributed by atoms with Gasteiger partial charge in [-0.3, -0.25) is 14.6 Å². The van der Waals surface area contributed by atoms with Gasteiger partial charge in [0.1, 0.15) is 5.56 Å². The summed E-state index contributed by atoms with van der Waals surface area (Å²) in [4.78, 5) is 39.0. The molecule has 4 N–H and O–H groups in total. The minimum absolute atomic E-state index is 0.0502. The lowest BCUT2D eigenvalue weighted by Crippen LogP contribution is -2.59. The molecule has 108 valence electrons. The van der Waals surface area contributed by atoms with Crippen LogP contribution in [0, 0.1) is 0 Å². The number of rotatable bonds is 2. The number of H-pyrrole nitrogens is 2. The van der Waals surface area contributed by atoms with E-state index in [1.165, 1.54) is 6.42 Å². The molecule has 3 rings (SSSR count). The van der Waals surface area contributed by atoms with Gasteiger partial charge in [-0.2, -0.15) is 0 Å². The normalized spacial score (nSPS) is 24.1. The fourth-order valence-electron chi connectivity index (χ4n) is 3.11. The van der Waals surface area contributed by atoms with E-state index >= 15 is 0 Å². The molecular weight excluding hydrogens is 260 g/mol. The topological polar surface area (TPSA) is 107 Å². The quantitative estimate of drug-likeness (QED) is 0.583. The van der Waals surface area contributed by atoms with E-state index in [1.807, 2.05) is 0 Å². The summed E-state index contributed by atoms with van der Waals surface area (Å²) in [6, 6.07) is 0.0791. The zero-order valence-electron chi connectivity index (χ0n) is 11.1. The van der Waals surface area contributed by atoms with Crippen LogP contribution in [0.2, 0.25) is 0 Å². The van der Waals surface area contributed by atoms with Crippen molar-refractivity contribution in [1.29, 1.82) is 0 Å². The first-order valence-corrected chi connectivity index (χ1v) is 6.96. The lowest BCUT2D eigenvalue weighted by atomic mass is 9.70. The third-order valence-corrected chi connectivity index (χ3v) is 4.34. The van der Waals surface area contributed by atoms with Crippen LogP contribution in [0.3, 0.4) is 0 Å². The minimum atomic E-state index is -0.654. The molecule has 2 heterocycles. The molecule has 1 aliphatic heterocycles. The summed E-state index contributed by atoms with van der Waals surface area (Å²) in [7, 11) is 0. The number of piperidine rings is 1. The fourth-order valence-corrected chi connectivity index (χ4v) is 3.11. The smallest absolute Gasteiger partial charge is 0.325 e. The van der Waals surface area contributed by atoms with E-state index in [9.17, 15) is 14.4 Å². The Bertz CT molecular complexity index is 629. The number of aromatic nitrogens is 2. The van der Waals surface area contributed by atoms with Crippen molar-refractivity contribution in [2.24, 2.45) is 0 Å². The molecule has 1 saturated carbocycles. The second kappa shape index (κ2) is 4.90. The molecule has 1 atom stereocenters. The molecule has 0 radical (unpaired) electrons. The molecule has 0 bridgehead atoms. The molecule has 20 heavy (non-hydrogen) atoms. The van der Waals surface area contributed by atoms with Crippen LogP contribution in [-0.2, 0) is 0 Å². The Morgan fingerprint density at radius 1 is 1.35 bits per heavy atom. The molecule has 1 aliphatic carbocycles. The maximum absolute atomic E-state index is 12.1. The van der Waals surface area contributed by atoms with Crippen LogP contribution < -0.4 is 21.9 Å². The van der Waals surface area contributed by atoms with Crippen LogP contribution >= 0.6 is 0 Å². The van der Waals surface area contributed by atoms with Gasteiger partial charge in [0.2, 0.25) is 0 Å². The van der Waals surface area contributed by atoms with Crippen molar-refractivity contribution >= 4 is 5.91 Å². The van der Waals surface area contributed by atoms with E-state index in [0.29, 0.717) is 0 Å². The van der Waals surface area contributed by atoms with Crippen LogP contribution in [0.25, 0.3) is 0 Å². The zero-order chi connectivity index (χ0) is 14.2. The third-order valence-electron chi connectivity index (χ3n) is 4.34. The van der Waals surface area contributed by atoms with Crippen molar-refractivity contribution in [2.75, 3.05) is 6.54 Å². The van der Waals surface area contributed by atoms with Crippen molar-refractivity contribution in [3.05, 3.63) is 32.6 Å². The predicted octanol–water partition coefficient (Wildman–Crippen LogP) is -0.532. The average molecular weight is 278 g/mol. The first-order chi connectivity index (χ1) is 9.58. The molecule has 7 nitrogen and oxygen atoms in total. The van der Waals surface area contributed by atoms with Gasteiger partial charge in [-0.25, -0.2) is 4.79 Å². The molecule has 1 aromatic rings. The van der Waals surface area contributed by atoms with E-state index in [1.54, 1.807) is 0 Å². The highest BCUT2D eigenvalue weighted by Gasteiger charge is 2.41. The summed E-state index contributed by atoms with van der Waals surface area (Å²) < 4.78 is 0. The summed E-state index contributed by atoms with van der Waals surface area (Å²) in [5.41, 5.74) is -1.13. The molecule has 1 aromatic heterocycles. The Labute approximate surface area is 115 Å². The molecule has 1 amide bonds. The molecule has 2 fully saturated rings. The Hall–Kier alpha value is -1.89. The van der Waals surface area contributed by atoms with E-state index in [2.05, 4.69) is 20.6 Å². The van der Waals surface area contributed by atoms with Crippen molar-refractivity contribution < 1.29 is 4.79 Å². The minimum Gasteiger partial charge on any atom is -0.349 e. The van der Waals surface area contributed by atoms with Crippen LogP contribution in [0.15, 0.2) is 15.8 Å². The number of carbonyl (C=O) groups is 1. The summed E-state index contributed by atoms with van der Waals surface area (Å²) in [5, 5.41) is 6.42. The van der Waals surface area contributed by atoms with Crippen LogP contribution in [-0.4, -0.2) is 34.0 Å². The molecular formula is C13H18N4O3. The van der Waals surface area contributed by atoms with Gasteiger partial charge in [0.25, 0.3) is 11.5 Å². The van der Waals surface area contributed by atoms with Gasteiger partial charge in [-0.05, 0) is 38.6 Å². The van der Waals surface area contributed by atoms with Crippen LogP contribution in [0.5, 0.6) is 0 Å². The van der Waals surface area contributed by atoms with E-state index in [4.69, 9.17) is 0 Å². The lowest BCUT2D eigenvalue weighted by Gasteiger charge is -2.48. The Morgan fingerprint density at radius 2 is 2.15 bits per heavy atom. The van der Waals surface area contributed by atoms with Crippen LogP contribution in [0.1, 0.15) is 42.5 Å². The number of hydrogen-bond acceptors (Lipinski definition) is 4. The number of nitrogens with one attached hydrogen (secondary N) is 4. The van der Waals surface area contributed by atoms with Crippen molar-refractivity contribution in [3.63, 3.8) is 0 Å². The first-order valence-electron chi connectivity index (χ1n) is 6.96. The van der Waals surface area contributed by atoms with Gasteiger partial charge < -0.3 is 15.6 Å².